The second-order valence-corrected chi connectivity index (χ2v) is 6.42. The molecular formula is C24H33N5O. The molecule has 160 valence electrons. The van der Waals surface area contributed by atoms with Crippen LogP contribution < -0.4 is 17.2 Å². The lowest BCUT2D eigenvalue weighted by atomic mass is 10.0. The van der Waals surface area contributed by atoms with Crippen molar-refractivity contribution in [2.45, 2.75) is 26.7 Å². The molecule has 2 aromatic carbocycles. The Morgan fingerprint density at radius 3 is 2.13 bits per heavy atom. The predicted octanol–water partition coefficient (Wildman–Crippen LogP) is 3.45. The van der Waals surface area contributed by atoms with Gasteiger partial charge in [-0.3, -0.25) is 0 Å². The number of nitrogens with two attached hydrogens (primary N) is 3. The molecule has 0 saturated heterocycles. The summed E-state index contributed by atoms with van der Waals surface area (Å²) < 4.78 is 2.12. The van der Waals surface area contributed by atoms with Gasteiger partial charge in [0.25, 0.3) is 0 Å². The maximum absolute atomic E-state index is 8.00. The van der Waals surface area contributed by atoms with Gasteiger partial charge in [0.15, 0.2) is 0 Å². The van der Waals surface area contributed by atoms with Crippen molar-refractivity contribution in [2.24, 2.45) is 17.2 Å². The van der Waals surface area contributed by atoms with Crippen molar-refractivity contribution in [2.75, 3.05) is 13.6 Å². The van der Waals surface area contributed by atoms with Gasteiger partial charge in [0.1, 0.15) is 12.6 Å². The first-order valence-electron chi connectivity index (χ1n) is 9.90. The number of hydrogen-bond donors (Lipinski definition) is 3. The normalized spacial score (nSPS) is 10.5. The minimum atomic E-state index is 0.654. The lowest BCUT2D eigenvalue weighted by Gasteiger charge is -2.10. The average molecular weight is 408 g/mol. The molecule has 0 unspecified atom stereocenters. The summed E-state index contributed by atoms with van der Waals surface area (Å²) >= 11 is 0. The van der Waals surface area contributed by atoms with E-state index in [4.69, 9.17) is 21.2 Å². The van der Waals surface area contributed by atoms with E-state index in [2.05, 4.69) is 53.6 Å². The van der Waals surface area contributed by atoms with E-state index in [9.17, 15) is 0 Å². The Kier molecular flexibility index (Phi) is 10.8. The quantitative estimate of drug-likeness (QED) is 0.579. The van der Waals surface area contributed by atoms with Crippen LogP contribution >= 0.6 is 0 Å². The molecule has 30 heavy (non-hydrogen) atoms. The van der Waals surface area contributed by atoms with E-state index in [0.29, 0.717) is 6.54 Å². The van der Waals surface area contributed by atoms with E-state index >= 15 is 0 Å². The van der Waals surface area contributed by atoms with E-state index in [-0.39, 0.29) is 0 Å². The van der Waals surface area contributed by atoms with Crippen LogP contribution in [-0.2, 0) is 17.6 Å². The first-order chi connectivity index (χ1) is 14.6. The highest BCUT2D eigenvalue weighted by Crippen LogP contribution is 2.33. The van der Waals surface area contributed by atoms with Crippen LogP contribution in [0.2, 0.25) is 0 Å². The van der Waals surface area contributed by atoms with Gasteiger partial charge in [0, 0.05) is 29.4 Å². The first kappa shape index (κ1) is 24.8. The zero-order valence-electron chi connectivity index (χ0n) is 18.1. The Bertz CT molecular complexity index is 911. The number of imidazole rings is 1. The van der Waals surface area contributed by atoms with Crippen molar-refractivity contribution in [3.63, 3.8) is 0 Å². The van der Waals surface area contributed by atoms with Crippen LogP contribution in [-0.4, -0.2) is 29.9 Å². The van der Waals surface area contributed by atoms with Crippen LogP contribution in [0.15, 0.2) is 60.3 Å². The third kappa shape index (κ3) is 6.14. The standard InChI is InChI=1S/C22H26N4.CH5N.CH2O/c1-3-20-25-21(18-7-5-4-6-8-18)22(26(20)15-16(2)24)19-11-9-17(10-12-19)13-14-23;2*1-2/h4-12,15H,3,13-14,23-24H2,1-2H3;2H2,1H3;1H2/b16-15-;;. The van der Waals surface area contributed by atoms with E-state index in [1.807, 2.05) is 38.1 Å². The fourth-order valence-corrected chi connectivity index (χ4v) is 3.14. The van der Waals surface area contributed by atoms with Gasteiger partial charge in [0.05, 0.1) is 11.4 Å². The minimum absolute atomic E-state index is 0.654. The van der Waals surface area contributed by atoms with Gasteiger partial charge in [-0.1, -0.05) is 61.5 Å². The van der Waals surface area contributed by atoms with Gasteiger partial charge < -0.3 is 26.6 Å². The molecule has 0 amide bonds. The molecule has 1 heterocycles. The maximum Gasteiger partial charge on any atom is 0.113 e. The van der Waals surface area contributed by atoms with Gasteiger partial charge in [-0.25, -0.2) is 4.98 Å². The molecule has 0 fully saturated rings. The maximum atomic E-state index is 8.00. The number of allylic oxidation sites excluding steroid dienone is 1. The molecule has 1 aromatic heterocycles. The number of nitrogens with zero attached hydrogens (tertiary/aromatic N) is 2. The Hall–Kier alpha value is -3.22. The summed E-state index contributed by atoms with van der Waals surface area (Å²) in [4.78, 5) is 12.9. The number of carbonyl (C=O) groups excluding carboxylic acids is 1. The molecule has 0 aliphatic carbocycles. The molecule has 0 atom stereocenters. The molecule has 0 radical (unpaired) electrons. The van der Waals surface area contributed by atoms with Crippen LogP contribution in [0.1, 0.15) is 25.2 Å². The van der Waals surface area contributed by atoms with Gasteiger partial charge in [-0.2, -0.15) is 0 Å². The van der Waals surface area contributed by atoms with Crippen LogP contribution in [0, 0.1) is 0 Å². The number of benzene rings is 2. The lowest BCUT2D eigenvalue weighted by molar-refractivity contribution is -0.0979. The lowest BCUT2D eigenvalue weighted by Crippen LogP contribution is -2.03. The molecule has 3 aromatic rings. The monoisotopic (exact) mass is 407 g/mol. The van der Waals surface area contributed by atoms with Crippen molar-refractivity contribution in [1.82, 2.24) is 9.55 Å². The highest BCUT2D eigenvalue weighted by molar-refractivity contribution is 5.80. The first-order valence-corrected chi connectivity index (χ1v) is 9.90. The predicted molar refractivity (Wildman–Crippen MR) is 127 cm³/mol. The summed E-state index contributed by atoms with van der Waals surface area (Å²) in [6, 6.07) is 18.9. The van der Waals surface area contributed by atoms with Crippen molar-refractivity contribution >= 4 is 13.0 Å². The topological polar surface area (TPSA) is 113 Å². The highest BCUT2D eigenvalue weighted by Gasteiger charge is 2.18. The molecule has 0 bridgehead atoms. The van der Waals surface area contributed by atoms with Crippen molar-refractivity contribution in [3.05, 3.63) is 71.7 Å². The average Bonchev–Trinajstić information content (AvgIpc) is 3.15. The van der Waals surface area contributed by atoms with E-state index < -0.39 is 0 Å². The second kappa shape index (κ2) is 13.1. The zero-order valence-corrected chi connectivity index (χ0v) is 18.1. The molecule has 3 rings (SSSR count). The summed E-state index contributed by atoms with van der Waals surface area (Å²) in [6.45, 7) is 6.67. The minimum Gasteiger partial charge on any atom is -0.401 e. The third-order valence-electron chi connectivity index (χ3n) is 4.34. The Labute approximate surface area is 179 Å². The smallest absolute Gasteiger partial charge is 0.113 e. The van der Waals surface area contributed by atoms with E-state index in [1.54, 1.807) is 0 Å². The summed E-state index contributed by atoms with van der Waals surface area (Å²) in [5.41, 5.74) is 22.4. The largest absolute Gasteiger partial charge is 0.401 e. The molecule has 0 aliphatic heterocycles. The number of aromatic nitrogens is 2. The number of aryl methyl sites for hydroxylation is 1. The fourth-order valence-electron chi connectivity index (χ4n) is 3.14. The summed E-state index contributed by atoms with van der Waals surface area (Å²) in [5.74, 6) is 0.995. The molecule has 6 nitrogen and oxygen atoms in total. The zero-order chi connectivity index (χ0) is 22.5. The highest BCUT2D eigenvalue weighted by atomic mass is 16.1. The number of hydrogen-bond acceptors (Lipinski definition) is 5. The molecule has 6 heteroatoms. The van der Waals surface area contributed by atoms with Crippen molar-refractivity contribution in [3.8, 4) is 22.5 Å². The summed E-state index contributed by atoms with van der Waals surface area (Å²) in [5, 5.41) is 0. The van der Waals surface area contributed by atoms with Gasteiger partial charge in [0.2, 0.25) is 0 Å². The number of carbonyl (C=O) groups is 1. The summed E-state index contributed by atoms with van der Waals surface area (Å²) in [7, 11) is 1.50. The van der Waals surface area contributed by atoms with Crippen molar-refractivity contribution in [1.29, 1.82) is 0 Å². The Morgan fingerprint density at radius 2 is 1.63 bits per heavy atom. The molecule has 0 aliphatic rings. The van der Waals surface area contributed by atoms with E-state index in [1.165, 1.54) is 12.6 Å². The SMILES string of the molecule is C=O.CCc1nc(-c2ccccc2)c(-c2ccc(CCN)cc2)n1/C=C(/C)N.CN. The number of rotatable bonds is 6. The molecule has 0 spiro atoms. The Morgan fingerprint density at radius 1 is 1.03 bits per heavy atom. The molecule has 0 saturated carbocycles. The van der Waals surface area contributed by atoms with Crippen LogP contribution in [0.3, 0.4) is 0 Å². The third-order valence-corrected chi connectivity index (χ3v) is 4.34. The molecular weight excluding hydrogens is 374 g/mol. The van der Waals surface area contributed by atoms with Gasteiger partial charge in [-0.05, 0) is 32.5 Å². The van der Waals surface area contributed by atoms with Crippen LogP contribution in [0.25, 0.3) is 28.7 Å². The second-order valence-electron chi connectivity index (χ2n) is 6.42. The van der Waals surface area contributed by atoms with Gasteiger partial charge in [-0.15, -0.1) is 0 Å². The van der Waals surface area contributed by atoms with Gasteiger partial charge >= 0.3 is 0 Å². The Balaban J connectivity index is 0.00000106. The van der Waals surface area contributed by atoms with Crippen LogP contribution in [0.5, 0.6) is 0 Å². The fraction of sp³-hybridized carbons (Fsp3) is 0.250. The summed E-state index contributed by atoms with van der Waals surface area (Å²) in [6.07, 6.45) is 3.67. The van der Waals surface area contributed by atoms with Crippen LogP contribution in [0.4, 0.5) is 0 Å². The molecule has 6 N–H and O–H groups in total. The van der Waals surface area contributed by atoms with Crippen molar-refractivity contribution < 1.29 is 4.79 Å². The van der Waals surface area contributed by atoms with E-state index in [0.717, 1.165) is 46.9 Å².